The van der Waals surface area contributed by atoms with Crippen molar-refractivity contribution in [2.45, 2.75) is 56.6 Å². The number of ether oxygens (including phenoxy) is 1. The first-order chi connectivity index (χ1) is 20.4. The molecule has 1 aromatic heterocycles. The van der Waals surface area contributed by atoms with Crippen LogP contribution in [0, 0.1) is 17.6 Å². The topological polar surface area (TPSA) is 149 Å². The summed E-state index contributed by atoms with van der Waals surface area (Å²) >= 11 is 0. The van der Waals surface area contributed by atoms with Crippen LogP contribution in [-0.4, -0.2) is 44.3 Å². The van der Waals surface area contributed by atoms with Crippen molar-refractivity contribution in [2.24, 2.45) is 11.7 Å². The van der Waals surface area contributed by atoms with Crippen LogP contribution in [0.5, 0.6) is 5.75 Å². The van der Waals surface area contributed by atoms with Crippen LogP contribution in [0.15, 0.2) is 40.8 Å². The van der Waals surface area contributed by atoms with E-state index < -0.39 is 58.1 Å². The molecule has 10 nitrogen and oxygen atoms in total. The summed E-state index contributed by atoms with van der Waals surface area (Å²) in [5.74, 6) is -2.40. The molecule has 0 aliphatic heterocycles. The van der Waals surface area contributed by atoms with Crippen molar-refractivity contribution in [3.63, 3.8) is 0 Å². The molecule has 3 aromatic rings. The Morgan fingerprint density at radius 1 is 1.14 bits per heavy atom. The fraction of sp³-hybridized carbons (Fsp3) is 0.429. The predicted octanol–water partition coefficient (Wildman–Crippen LogP) is 4.62. The summed E-state index contributed by atoms with van der Waals surface area (Å²) in [6.07, 6.45) is 3.03. The van der Waals surface area contributed by atoms with Crippen LogP contribution in [0.2, 0.25) is 0 Å². The van der Waals surface area contributed by atoms with E-state index in [1.165, 1.54) is 18.2 Å². The zero-order chi connectivity index (χ0) is 30.9. The Balaban J connectivity index is 1.43. The second-order valence-corrected chi connectivity index (χ2v) is 12.8. The minimum Gasteiger partial charge on any atom is -0.439 e. The van der Waals surface area contributed by atoms with Crippen molar-refractivity contribution in [1.29, 1.82) is 0 Å². The number of halogens is 4. The van der Waals surface area contributed by atoms with Crippen LogP contribution >= 0.6 is 0 Å². The molecule has 1 amide bonds. The number of aromatic nitrogens is 1. The summed E-state index contributed by atoms with van der Waals surface area (Å²) < 4.78 is 92.1. The number of anilines is 1. The van der Waals surface area contributed by atoms with Gasteiger partial charge < -0.3 is 25.5 Å². The van der Waals surface area contributed by atoms with E-state index in [-0.39, 0.29) is 34.3 Å². The van der Waals surface area contributed by atoms with Crippen molar-refractivity contribution in [2.75, 3.05) is 18.4 Å². The van der Waals surface area contributed by atoms with Gasteiger partial charge >= 0.3 is 6.61 Å². The summed E-state index contributed by atoms with van der Waals surface area (Å²) in [5, 5.41) is 5.10. The number of benzene rings is 2. The summed E-state index contributed by atoms with van der Waals surface area (Å²) in [7, 11) is -3.70. The molecule has 2 fully saturated rings. The minimum atomic E-state index is -3.70. The van der Waals surface area contributed by atoms with Crippen molar-refractivity contribution in [3.05, 3.63) is 65.1 Å². The molecule has 5 N–H and O–H groups in total. The maximum absolute atomic E-state index is 14.8. The summed E-state index contributed by atoms with van der Waals surface area (Å²) in [6, 6.07) is 4.92. The number of oxazole rings is 1. The smallest absolute Gasteiger partial charge is 0.387 e. The monoisotopic (exact) mass is 625 g/mol. The molecular weight excluding hydrogens is 594 g/mol. The lowest BCUT2D eigenvalue weighted by Crippen LogP contribution is -2.39. The summed E-state index contributed by atoms with van der Waals surface area (Å²) in [5.41, 5.74) is 6.27. The Morgan fingerprint density at radius 2 is 1.88 bits per heavy atom. The molecule has 0 saturated heterocycles. The molecule has 2 aliphatic rings. The van der Waals surface area contributed by atoms with E-state index in [2.05, 4.69) is 25.1 Å². The van der Waals surface area contributed by atoms with Gasteiger partial charge in [0, 0.05) is 30.3 Å². The summed E-state index contributed by atoms with van der Waals surface area (Å²) in [4.78, 5) is 17.8. The van der Waals surface area contributed by atoms with Gasteiger partial charge in [0.15, 0.2) is 11.5 Å². The predicted molar refractivity (Wildman–Crippen MR) is 149 cm³/mol. The Bertz CT molecular complexity index is 1590. The third-order valence-electron chi connectivity index (χ3n) is 7.10. The molecule has 2 aromatic carbocycles. The Morgan fingerprint density at radius 3 is 2.51 bits per heavy atom. The van der Waals surface area contributed by atoms with E-state index in [4.69, 9.17) is 10.2 Å². The highest BCUT2D eigenvalue weighted by Gasteiger charge is 2.36. The molecular formula is C28H31F4N5O5S. The lowest BCUT2D eigenvalue weighted by Gasteiger charge is -2.20. The highest BCUT2D eigenvalue weighted by atomic mass is 32.2. The molecule has 232 valence electrons. The molecule has 0 bridgehead atoms. The molecule has 0 radical (unpaired) electrons. The standard InChI is InChI=1S/C28H31F4N5O5S/c1-14(33)25-24(37-27(42-25)16-4-9-23(41-28(31)32)21(10-16)34-12-15-2-3-15)26(38)36-22(13-35-43(39,40)18-6-7-18)19-8-5-17(29)11-20(19)30/h4-5,8-11,14-15,18,22,28,34-35H,2-3,6-7,12-13,33H2,1H3,(H,36,38)/t14-,22?/m0/s1. The van der Waals surface area contributed by atoms with E-state index in [0.717, 1.165) is 25.0 Å². The van der Waals surface area contributed by atoms with E-state index in [1.54, 1.807) is 6.92 Å². The van der Waals surface area contributed by atoms with Crippen molar-refractivity contribution >= 4 is 21.6 Å². The highest BCUT2D eigenvalue weighted by Crippen LogP contribution is 2.36. The zero-order valence-corrected chi connectivity index (χ0v) is 23.9. The number of nitrogens with one attached hydrogen (secondary N) is 3. The van der Waals surface area contributed by atoms with E-state index >= 15 is 0 Å². The summed E-state index contributed by atoms with van der Waals surface area (Å²) in [6.45, 7) is -1.35. The average molecular weight is 626 g/mol. The lowest BCUT2D eigenvalue weighted by molar-refractivity contribution is -0.0493. The number of sulfonamides is 1. The minimum absolute atomic E-state index is 0.0233. The number of rotatable bonds is 14. The van der Waals surface area contributed by atoms with Crippen LogP contribution in [0.4, 0.5) is 23.2 Å². The maximum Gasteiger partial charge on any atom is 0.387 e. The molecule has 2 atom stereocenters. The highest BCUT2D eigenvalue weighted by molar-refractivity contribution is 7.90. The molecule has 15 heteroatoms. The number of nitrogens with two attached hydrogens (primary N) is 1. The van der Waals surface area contributed by atoms with Gasteiger partial charge in [-0.15, -0.1) is 0 Å². The Hall–Kier alpha value is -3.69. The van der Waals surface area contributed by atoms with Gasteiger partial charge in [-0.3, -0.25) is 4.79 Å². The van der Waals surface area contributed by atoms with Gasteiger partial charge in [-0.1, -0.05) is 6.07 Å². The van der Waals surface area contributed by atoms with Gasteiger partial charge in [0.25, 0.3) is 5.91 Å². The van der Waals surface area contributed by atoms with Gasteiger partial charge in [0.1, 0.15) is 17.4 Å². The van der Waals surface area contributed by atoms with Gasteiger partial charge in [-0.05, 0) is 62.8 Å². The molecule has 0 spiro atoms. The number of hydrogen-bond acceptors (Lipinski definition) is 8. The first kappa shape index (κ1) is 30.8. The van der Waals surface area contributed by atoms with E-state index in [1.807, 2.05) is 0 Å². The fourth-order valence-electron chi connectivity index (χ4n) is 4.45. The molecule has 2 aliphatic carbocycles. The number of amides is 1. The van der Waals surface area contributed by atoms with Crippen LogP contribution in [0.1, 0.15) is 66.5 Å². The molecule has 1 heterocycles. The van der Waals surface area contributed by atoms with Crippen LogP contribution in [0.25, 0.3) is 11.5 Å². The van der Waals surface area contributed by atoms with E-state index in [9.17, 15) is 30.8 Å². The number of carbonyl (C=O) groups excluding carboxylic acids is 1. The third kappa shape index (κ3) is 7.64. The van der Waals surface area contributed by atoms with Crippen LogP contribution in [0.3, 0.4) is 0 Å². The van der Waals surface area contributed by atoms with E-state index in [0.29, 0.717) is 36.9 Å². The quantitative estimate of drug-likeness (QED) is 0.190. The SMILES string of the molecule is C[C@H](N)c1oc(-c2ccc(OC(F)F)c(NCC3CC3)c2)nc1C(=O)NC(CNS(=O)(=O)C1CC1)c1ccc(F)cc1F. The number of carbonyl (C=O) groups is 1. The van der Waals surface area contributed by atoms with Gasteiger partial charge in [0.05, 0.1) is 23.0 Å². The maximum atomic E-state index is 14.8. The normalized spacial score (nSPS) is 16.6. The van der Waals surface area contributed by atoms with Gasteiger partial charge in [0.2, 0.25) is 15.9 Å². The van der Waals surface area contributed by atoms with Crippen molar-refractivity contribution in [3.8, 4) is 17.2 Å². The van der Waals surface area contributed by atoms with Crippen LogP contribution in [-0.2, 0) is 10.0 Å². The molecule has 1 unspecified atom stereocenters. The fourth-order valence-corrected chi connectivity index (χ4v) is 5.84. The average Bonchev–Trinajstić information content (AvgIpc) is 3.88. The molecule has 2 saturated carbocycles. The largest absolute Gasteiger partial charge is 0.439 e. The third-order valence-corrected chi connectivity index (χ3v) is 9.02. The van der Waals surface area contributed by atoms with Crippen molar-refractivity contribution < 1.29 is 39.9 Å². The first-order valence-electron chi connectivity index (χ1n) is 13.7. The zero-order valence-electron chi connectivity index (χ0n) is 23.1. The number of alkyl halides is 2. The Labute approximate surface area is 245 Å². The first-order valence-corrected chi connectivity index (χ1v) is 15.3. The number of hydrogen-bond donors (Lipinski definition) is 4. The second-order valence-electron chi connectivity index (χ2n) is 10.7. The molecule has 5 rings (SSSR count). The Kier molecular flexibility index (Phi) is 8.94. The van der Waals surface area contributed by atoms with Crippen LogP contribution < -0.4 is 25.8 Å². The van der Waals surface area contributed by atoms with Gasteiger partial charge in [-0.2, -0.15) is 8.78 Å². The van der Waals surface area contributed by atoms with Crippen molar-refractivity contribution in [1.82, 2.24) is 15.0 Å². The lowest BCUT2D eigenvalue weighted by atomic mass is 10.1. The second kappa shape index (κ2) is 12.5. The molecule has 43 heavy (non-hydrogen) atoms. The number of nitrogens with zero attached hydrogens (tertiary/aromatic N) is 1. The van der Waals surface area contributed by atoms with Gasteiger partial charge in [-0.25, -0.2) is 26.9 Å².